The van der Waals surface area contributed by atoms with E-state index in [1.165, 1.54) is 0 Å². The molecule has 0 aliphatic carbocycles. The summed E-state index contributed by atoms with van der Waals surface area (Å²) >= 11 is 0. The van der Waals surface area contributed by atoms with Crippen LogP contribution in [0.5, 0.6) is 0 Å². The molecule has 2 nitrogen and oxygen atoms in total. The Morgan fingerprint density at radius 3 is 2.60 bits per heavy atom. The van der Waals surface area contributed by atoms with Gasteiger partial charge < -0.3 is 5.73 Å². The lowest BCUT2D eigenvalue weighted by molar-refractivity contribution is 0.0967. The van der Waals surface area contributed by atoms with E-state index in [-0.39, 0.29) is 11.8 Å². The lowest BCUT2D eigenvalue weighted by Gasteiger charge is -2.14. The van der Waals surface area contributed by atoms with Crippen LogP contribution in [-0.2, 0) is 0 Å². The number of rotatable bonds is 4. The van der Waals surface area contributed by atoms with Crippen molar-refractivity contribution in [3.05, 3.63) is 35.4 Å². The predicted molar refractivity (Wildman–Crippen MR) is 62.9 cm³/mol. The van der Waals surface area contributed by atoms with Gasteiger partial charge in [0, 0.05) is 18.0 Å². The normalized spacial score (nSPS) is 12.9. The highest BCUT2D eigenvalue weighted by Crippen LogP contribution is 2.11. The largest absolute Gasteiger partial charge is 0.327 e. The zero-order valence-electron chi connectivity index (χ0n) is 9.66. The molecule has 0 amide bonds. The summed E-state index contributed by atoms with van der Waals surface area (Å²) in [5.41, 5.74) is 7.75. The summed E-state index contributed by atoms with van der Waals surface area (Å²) in [5.74, 6) is 0.485. The average molecular weight is 205 g/mol. The predicted octanol–water partition coefficient (Wildman–Crippen LogP) is 2.55. The van der Waals surface area contributed by atoms with E-state index < -0.39 is 0 Å². The number of carbonyl (C=O) groups is 1. The fourth-order valence-electron chi connectivity index (χ4n) is 1.39. The molecular weight excluding hydrogens is 186 g/mol. The number of carbonyl (C=O) groups excluding carboxylic acids is 1. The Hall–Kier alpha value is -1.15. The van der Waals surface area contributed by atoms with Gasteiger partial charge in [-0.1, -0.05) is 37.6 Å². The molecule has 0 fully saturated rings. The van der Waals surface area contributed by atoms with Crippen LogP contribution in [0, 0.1) is 12.8 Å². The molecule has 1 aromatic rings. The molecule has 0 bridgehead atoms. The topological polar surface area (TPSA) is 43.1 Å². The first kappa shape index (κ1) is 11.9. The second-order valence-electron chi connectivity index (χ2n) is 4.40. The Balaban J connectivity index is 2.69. The fourth-order valence-corrected chi connectivity index (χ4v) is 1.39. The molecule has 1 aromatic carbocycles. The maximum atomic E-state index is 11.8. The van der Waals surface area contributed by atoms with Gasteiger partial charge in [-0.2, -0.15) is 0 Å². The quantitative estimate of drug-likeness (QED) is 0.768. The molecule has 0 aromatic heterocycles. The number of benzene rings is 1. The van der Waals surface area contributed by atoms with Gasteiger partial charge in [-0.05, 0) is 18.9 Å². The van der Waals surface area contributed by atoms with Crippen LogP contribution in [0.2, 0.25) is 0 Å². The van der Waals surface area contributed by atoms with Crippen LogP contribution in [0.1, 0.15) is 36.2 Å². The Morgan fingerprint density at radius 1 is 1.40 bits per heavy atom. The van der Waals surface area contributed by atoms with Gasteiger partial charge in [0.05, 0.1) is 0 Å². The lowest BCUT2D eigenvalue weighted by atomic mass is 9.96. The van der Waals surface area contributed by atoms with Crippen molar-refractivity contribution in [2.24, 2.45) is 11.7 Å². The molecule has 1 atom stereocenters. The van der Waals surface area contributed by atoms with Crippen LogP contribution in [0.4, 0.5) is 0 Å². The van der Waals surface area contributed by atoms with E-state index in [0.717, 1.165) is 11.1 Å². The molecule has 0 aliphatic heterocycles. The molecule has 2 N–H and O–H groups in total. The molecule has 0 heterocycles. The Kier molecular flexibility index (Phi) is 4.04. The summed E-state index contributed by atoms with van der Waals surface area (Å²) in [4.78, 5) is 11.8. The minimum atomic E-state index is -0.0435. The van der Waals surface area contributed by atoms with Crippen molar-refractivity contribution in [2.45, 2.75) is 33.2 Å². The molecule has 1 unspecified atom stereocenters. The van der Waals surface area contributed by atoms with E-state index in [4.69, 9.17) is 5.73 Å². The molecule has 0 spiro atoms. The maximum absolute atomic E-state index is 11.8. The second kappa shape index (κ2) is 5.08. The van der Waals surface area contributed by atoms with E-state index in [0.29, 0.717) is 12.3 Å². The highest BCUT2D eigenvalue weighted by atomic mass is 16.1. The van der Waals surface area contributed by atoms with Crippen molar-refractivity contribution in [3.63, 3.8) is 0 Å². The van der Waals surface area contributed by atoms with Crippen LogP contribution in [0.3, 0.4) is 0 Å². The van der Waals surface area contributed by atoms with E-state index in [2.05, 4.69) is 0 Å². The van der Waals surface area contributed by atoms with E-state index in [1.54, 1.807) is 0 Å². The Morgan fingerprint density at radius 2 is 2.07 bits per heavy atom. The van der Waals surface area contributed by atoms with Gasteiger partial charge in [-0.15, -0.1) is 0 Å². The summed E-state index contributed by atoms with van der Waals surface area (Å²) in [7, 11) is 0. The monoisotopic (exact) mass is 205 g/mol. The van der Waals surface area contributed by atoms with Crippen molar-refractivity contribution in [2.75, 3.05) is 0 Å². The van der Waals surface area contributed by atoms with Crippen LogP contribution in [-0.4, -0.2) is 11.8 Å². The van der Waals surface area contributed by atoms with E-state index in [9.17, 15) is 4.79 Å². The minimum absolute atomic E-state index is 0.0435. The molecule has 1 rings (SSSR count). The van der Waals surface area contributed by atoms with Crippen molar-refractivity contribution in [1.82, 2.24) is 0 Å². The van der Waals surface area contributed by atoms with E-state index >= 15 is 0 Å². The third kappa shape index (κ3) is 3.48. The van der Waals surface area contributed by atoms with Gasteiger partial charge in [0.2, 0.25) is 0 Å². The summed E-state index contributed by atoms with van der Waals surface area (Å²) < 4.78 is 0. The molecule has 2 heteroatoms. The molecular formula is C13H19NO. The average Bonchev–Trinajstić information content (AvgIpc) is 2.17. The summed E-state index contributed by atoms with van der Waals surface area (Å²) in [6, 6.07) is 7.61. The number of hydrogen-bond donors (Lipinski definition) is 1. The second-order valence-corrected chi connectivity index (χ2v) is 4.40. The highest BCUT2D eigenvalue weighted by Gasteiger charge is 2.14. The molecule has 0 saturated carbocycles. The third-order valence-electron chi connectivity index (χ3n) is 2.62. The zero-order chi connectivity index (χ0) is 11.4. The number of hydrogen-bond acceptors (Lipinski definition) is 2. The molecule has 82 valence electrons. The van der Waals surface area contributed by atoms with Gasteiger partial charge in [-0.25, -0.2) is 0 Å². The van der Waals surface area contributed by atoms with Crippen molar-refractivity contribution >= 4 is 5.78 Å². The number of aryl methyl sites for hydroxylation is 1. The minimum Gasteiger partial charge on any atom is -0.327 e. The van der Waals surface area contributed by atoms with Gasteiger partial charge in [0.25, 0.3) is 0 Å². The zero-order valence-corrected chi connectivity index (χ0v) is 9.66. The number of ketones is 1. The summed E-state index contributed by atoms with van der Waals surface area (Å²) in [6.45, 7) is 6.06. The maximum Gasteiger partial charge on any atom is 0.164 e. The number of Topliss-reactive ketones (excluding diaryl/α,β-unsaturated/α-hetero) is 1. The van der Waals surface area contributed by atoms with Crippen LogP contribution < -0.4 is 5.73 Å². The smallest absolute Gasteiger partial charge is 0.164 e. The number of nitrogens with two attached hydrogens (primary N) is 1. The van der Waals surface area contributed by atoms with Crippen molar-refractivity contribution in [1.29, 1.82) is 0 Å². The molecule has 0 aliphatic rings. The highest BCUT2D eigenvalue weighted by molar-refractivity contribution is 5.96. The lowest BCUT2D eigenvalue weighted by Crippen LogP contribution is -2.29. The fraction of sp³-hybridized carbons (Fsp3) is 0.462. The van der Waals surface area contributed by atoms with E-state index in [1.807, 2.05) is 45.0 Å². The van der Waals surface area contributed by atoms with Gasteiger partial charge >= 0.3 is 0 Å². The van der Waals surface area contributed by atoms with Gasteiger partial charge in [-0.3, -0.25) is 4.79 Å². The first-order chi connectivity index (χ1) is 7.00. The van der Waals surface area contributed by atoms with Crippen LogP contribution in [0.25, 0.3) is 0 Å². The van der Waals surface area contributed by atoms with Crippen molar-refractivity contribution in [3.8, 4) is 0 Å². The summed E-state index contributed by atoms with van der Waals surface area (Å²) in [5, 5.41) is 0. The molecule has 15 heavy (non-hydrogen) atoms. The van der Waals surface area contributed by atoms with Gasteiger partial charge in [0.15, 0.2) is 5.78 Å². The van der Waals surface area contributed by atoms with Gasteiger partial charge in [0.1, 0.15) is 0 Å². The Bertz CT molecular complexity index is 344. The molecule has 0 saturated heterocycles. The van der Waals surface area contributed by atoms with Crippen LogP contribution >= 0.6 is 0 Å². The standard InChI is InChI=1S/C13H19NO/c1-9(2)12(14)8-13(15)11-6-4-5-10(3)7-11/h4-7,9,12H,8,14H2,1-3H3. The third-order valence-corrected chi connectivity index (χ3v) is 2.62. The van der Waals surface area contributed by atoms with Crippen molar-refractivity contribution < 1.29 is 4.79 Å². The van der Waals surface area contributed by atoms with Crippen LogP contribution in [0.15, 0.2) is 24.3 Å². The first-order valence-corrected chi connectivity index (χ1v) is 5.36. The molecule has 0 radical (unpaired) electrons. The first-order valence-electron chi connectivity index (χ1n) is 5.36. The Labute approximate surface area is 91.5 Å². The summed E-state index contributed by atoms with van der Waals surface area (Å²) in [6.07, 6.45) is 0.432. The SMILES string of the molecule is Cc1cccc(C(=O)CC(N)C(C)C)c1.